The van der Waals surface area contributed by atoms with Gasteiger partial charge in [0.25, 0.3) is 5.91 Å². The van der Waals surface area contributed by atoms with E-state index in [1.165, 1.54) is 24.3 Å². The van der Waals surface area contributed by atoms with Crippen molar-refractivity contribution in [1.29, 1.82) is 0 Å². The van der Waals surface area contributed by atoms with Crippen LogP contribution in [0.15, 0.2) is 65.3 Å². The number of fused-ring (bicyclic) bond motifs is 1. The number of benzene rings is 2. The first-order chi connectivity index (χ1) is 15.0. The van der Waals surface area contributed by atoms with Gasteiger partial charge in [0.15, 0.2) is 0 Å². The van der Waals surface area contributed by atoms with Crippen molar-refractivity contribution in [3.8, 4) is 0 Å². The Morgan fingerprint density at radius 3 is 2.61 bits per heavy atom. The summed E-state index contributed by atoms with van der Waals surface area (Å²) in [5, 5.41) is 5.73. The van der Waals surface area contributed by atoms with Gasteiger partial charge in [-0.25, -0.2) is 9.37 Å². The Labute approximate surface area is 187 Å². The maximum Gasteiger partial charge on any atom is 0.255 e. The zero-order valence-corrected chi connectivity index (χ0v) is 18.2. The number of aromatic nitrogens is 1. The van der Waals surface area contributed by atoms with Crippen molar-refractivity contribution < 1.29 is 14.0 Å². The van der Waals surface area contributed by atoms with Crippen molar-refractivity contribution in [3.63, 3.8) is 0 Å². The molecule has 1 aromatic heterocycles. The normalized spacial score (nSPS) is 12.8. The lowest BCUT2D eigenvalue weighted by molar-refractivity contribution is -0.115. The van der Waals surface area contributed by atoms with Gasteiger partial charge in [-0.3, -0.25) is 9.59 Å². The van der Waals surface area contributed by atoms with Gasteiger partial charge < -0.3 is 15.5 Å². The molecule has 2 N–H and O–H groups in total. The van der Waals surface area contributed by atoms with Crippen molar-refractivity contribution in [2.45, 2.75) is 12.8 Å². The quantitative estimate of drug-likeness (QED) is 0.555. The Morgan fingerprint density at radius 1 is 1.06 bits per heavy atom. The summed E-state index contributed by atoms with van der Waals surface area (Å²) in [7, 11) is 0. The maximum absolute atomic E-state index is 13.1. The Bertz CT molecular complexity index is 1100. The number of hydrogen-bond acceptors (Lipinski definition) is 4. The van der Waals surface area contributed by atoms with Crippen LogP contribution in [-0.4, -0.2) is 29.9 Å². The lowest BCUT2D eigenvalue weighted by atomic mass is 9.99. The molecule has 1 aliphatic heterocycles. The monoisotopic (exact) mass is 482 g/mol. The van der Waals surface area contributed by atoms with E-state index in [1.54, 1.807) is 12.3 Å². The highest BCUT2D eigenvalue weighted by Gasteiger charge is 2.22. The summed E-state index contributed by atoms with van der Waals surface area (Å²) in [4.78, 5) is 31.3. The number of nitrogens with one attached hydrogen (secondary N) is 2. The van der Waals surface area contributed by atoms with Crippen molar-refractivity contribution in [2.24, 2.45) is 0 Å². The van der Waals surface area contributed by atoms with Crippen molar-refractivity contribution in [1.82, 2.24) is 4.98 Å². The second-order valence-corrected chi connectivity index (χ2v) is 8.11. The van der Waals surface area contributed by atoms with Gasteiger partial charge in [0.1, 0.15) is 11.6 Å². The SMILES string of the molecule is O=C(CN1CCCc2c(NC(=O)c3ccc(F)cc3)cccc21)Nc1ccc(Br)cn1. The van der Waals surface area contributed by atoms with Crippen molar-refractivity contribution in [2.75, 3.05) is 28.6 Å². The smallest absolute Gasteiger partial charge is 0.255 e. The van der Waals surface area contributed by atoms with E-state index in [-0.39, 0.29) is 24.2 Å². The fraction of sp³-hybridized carbons (Fsp3) is 0.174. The fourth-order valence-electron chi connectivity index (χ4n) is 3.58. The van der Waals surface area contributed by atoms with Gasteiger partial charge in [0.05, 0.1) is 6.54 Å². The summed E-state index contributed by atoms with van der Waals surface area (Å²) >= 11 is 3.32. The molecule has 0 unspecified atom stereocenters. The summed E-state index contributed by atoms with van der Waals surface area (Å²) in [6, 6.07) is 14.6. The van der Waals surface area contributed by atoms with Crippen LogP contribution in [0.25, 0.3) is 0 Å². The third-order valence-corrected chi connectivity index (χ3v) is 5.50. The Morgan fingerprint density at radius 2 is 1.87 bits per heavy atom. The topological polar surface area (TPSA) is 74.3 Å². The molecule has 8 heteroatoms. The van der Waals surface area contributed by atoms with Crippen LogP contribution in [0.4, 0.5) is 21.6 Å². The molecule has 0 radical (unpaired) electrons. The van der Waals surface area contributed by atoms with Gasteiger partial charge in [-0.15, -0.1) is 0 Å². The molecule has 6 nitrogen and oxygen atoms in total. The van der Waals surface area contributed by atoms with Crippen LogP contribution in [0.3, 0.4) is 0 Å². The summed E-state index contributed by atoms with van der Waals surface area (Å²) < 4.78 is 14.0. The summed E-state index contributed by atoms with van der Waals surface area (Å²) in [6.07, 6.45) is 3.28. The molecule has 3 aromatic rings. The molecule has 0 saturated carbocycles. The van der Waals surface area contributed by atoms with E-state index >= 15 is 0 Å². The number of pyridine rings is 1. The zero-order valence-electron chi connectivity index (χ0n) is 16.6. The lowest BCUT2D eigenvalue weighted by Crippen LogP contribution is -2.37. The molecule has 0 bridgehead atoms. The lowest BCUT2D eigenvalue weighted by Gasteiger charge is -2.32. The first-order valence-electron chi connectivity index (χ1n) is 9.85. The number of anilines is 3. The van der Waals surface area contributed by atoms with Gasteiger partial charge in [0.2, 0.25) is 5.91 Å². The number of carbonyl (C=O) groups excluding carboxylic acids is 2. The van der Waals surface area contributed by atoms with Crippen LogP contribution >= 0.6 is 15.9 Å². The van der Waals surface area contributed by atoms with Gasteiger partial charge in [-0.05, 0) is 82.9 Å². The van der Waals surface area contributed by atoms with Gasteiger partial charge >= 0.3 is 0 Å². The summed E-state index contributed by atoms with van der Waals surface area (Å²) in [6.45, 7) is 0.920. The largest absolute Gasteiger partial charge is 0.362 e. The van der Waals surface area contributed by atoms with E-state index < -0.39 is 0 Å². The van der Waals surface area contributed by atoms with Crippen LogP contribution in [-0.2, 0) is 11.2 Å². The van der Waals surface area contributed by atoms with E-state index in [2.05, 4.69) is 31.5 Å². The number of rotatable bonds is 5. The number of carbonyl (C=O) groups is 2. The van der Waals surface area contributed by atoms with E-state index in [9.17, 15) is 14.0 Å². The molecule has 1 aliphatic rings. The predicted octanol–water partition coefficient (Wildman–Crippen LogP) is 4.63. The molecule has 0 aliphatic carbocycles. The molecule has 2 heterocycles. The molecular weight excluding hydrogens is 463 g/mol. The highest BCUT2D eigenvalue weighted by molar-refractivity contribution is 9.10. The number of nitrogens with zero attached hydrogens (tertiary/aromatic N) is 2. The first-order valence-corrected chi connectivity index (χ1v) is 10.6. The molecule has 158 valence electrons. The van der Waals surface area contributed by atoms with E-state index in [0.29, 0.717) is 17.1 Å². The average Bonchev–Trinajstić information content (AvgIpc) is 2.76. The van der Waals surface area contributed by atoms with Gasteiger partial charge in [-0.1, -0.05) is 6.07 Å². The predicted molar refractivity (Wildman–Crippen MR) is 122 cm³/mol. The molecule has 0 atom stereocenters. The molecule has 2 amide bonds. The Balaban J connectivity index is 1.48. The Kier molecular flexibility index (Phi) is 6.27. The highest BCUT2D eigenvalue weighted by atomic mass is 79.9. The molecule has 4 rings (SSSR count). The third kappa shape index (κ3) is 5.08. The number of amides is 2. The second kappa shape index (κ2) is 9.26. The van der Waals surface area contributed by atoms with Gasteiger partial charge in [0, 0.05) is 34.2 Å². The standard InChI is InChI=1S/C23H20BrFN4O2/c24-16-8-11-21(26-13-16)28-22(30)14-29-12-2-3-18-19(4-1-5-20(18)29)27-23(31)15-6-9-17(25)10-7-15/h1,4-11,13H,2-3,12,14H2,(H,27,31)(H,26,28,30). The molecule has 31 heavy (non-hydrogen) atoms. The molecular formula is C23H20BrFN4O2. The van der Waals surface area contributed by atoms with Gasteiger partial charge in [-0.2, -0.15) is 0 Å². The second-order valence-electron chi connectivity index (χ2n) is 7.20. The molecule has 0 saturated heterocycles. The van der Waals surface area contributed by atoms with Crippen LogP contribution in [0.1, 0.15) is 22.3 Å². The number of halogens is 2. The van der Waals surface area contributed by atoms with Crippen LogP contribution < -0.4 is 15.5 Å². The minimum Gasteiger partial charge on any atom is -0.362 e. The molecule has 0 fully saturated rings. The van der Waals surface area contributed by atoms with Crippen molar-refractivity contribution in [3.05, 3.63) is 82.2 Å². The maximum atomic E-state index is 13.1. The summed E-state index contributed by atoms with van der Waals surface area (Å²) in [5.74, 6) is -0.361. The highest BCUT2D eigenvalue weighted by Crippen LogP contribution is 2.33. The molecule has 2 aromatic carbocycles. The van der Waals surface area contributed by atoms with E-state index in [1.807, 2.05) is 29.2 Å². The minimum absolute atomic E-state index is 0.163. The van der Waals surface area contributed by atoms with E-state index in [0.717, 1.165) is 35.1 Å². The zero-order chi connectivity index (χ0) is 21.8. The van der Waals surface area contributed by atoms with Crippen LogP contribution in [0.5, 0.6) is 0 Å². The minimum atomic E-state index is -0.388. The Hall–Kier alpha value is -3.26. The fourth-order valence-corrected chi connectivity index (χ4v) is 3.82. The van der Waals surface area contributed by atoms with E-state index in [4.69, 9.17) is 0 Å². The van der Waals surface area contributed by atoms with Crippen LogP contribution in [0.2, 0.25) is 0 Å². The summed E-state index contributed by atoms with van der Waals surface area (Å²) in [5.41, 5.74) is 2.99. The van der Waals surface area contributed by atoms with Crippen molar-refractivity contribution >= 4 is 44.9 Å². The first kappa shape index (κ1) is 21.0. The number of hydrogen-bond donors (Lipinski definition) is 2. The van der Waals surface area contributed by atoms with Crippen LogP contribution in [0, 0.1) is 5.82 Å². The molecule has 0 spiro atoms. The average molecular weight is 483 g/mol. The third-order valence-electron chi connectivity index (χ3n) is 5.03.